The highest BCUT2D eigenvalue weighted by atomic mass is 35.5. The van der Waals surface area contributed by atoms with Gasteiger partial charge in [-0.15, -0.1) is 11.3 Å². The monoisotopic (exact) mass is 482 g/mol. The van der Waals surface area contributed by atoms with Gasteiger partial charge in [0.05, 0.1) is 16.9 Å². The molecule has 3 aromatic rings. The molecule has 3 N–H and O–H groups in total. The first-order valence-electron chi connectivity index (χ1n) is 8.26. The van der Waals surface area contributed by atoms with E-state index in [1.165, 1.54) is 30.3 Å². The van der Waals surface area contributed by atoms with Crippen LogP contribution in [-0.4, -0.2) is 14.3 Å². The fraction of sp³-hybridized carbons (Fsp3) is 0. The van der Waals surface area contributed by atoms with Gasteiger partial charge in [0, 0.05) is 10.0 Å². The lowest BCUT2D eigenvalue weighted by molar-refractivity contribution is -0.268. The van der Waals surface area contributed by atoms with Gasteiger partial charge in [0.15, 0.2) is 0 Å². The van der Waals surface area contributed by atoms with Crippen molar-refractivity contribution in [1.82, 2.24) is 10.9 Å². The number of hydrogen-bond acceptors (Lipinski definition) is 6. The summed E-state index contributed by atoms with van der Waals surface area (Å²) in [5, 5.41) is 13.9. The molecule has 0 unspecified atom stereocenters. The van der Waals surface area contributed by atoms with Crippen LogP contribution in [0.1, 0.15) is 15.9 Å². The quantitative estimate of drug-likeness (QED) is 0.443. The Kier molecular flexibility index (Phi) is 6.57. The van der Waals surface area contributed by atoms with Crippen molar-refractivity contribution in [3.05, 3.63) is 81.7 Å². The molecule has 0 aliphatic rings. The summed E-state index contributed by atoms with van der Waals surface area (Å²) in [4.78, 5) is 12.6. The van der Waals surface area contributed by atoms with Crippen molar-refractivity contribution >= 4 is 61.9 Å². The third-order valence-corrected chi connectivity index (χ3v) is 7.10. The number of nitrogens with one attached hydrogen (secondary N) is 3. The van der Waals surface area contributed by atoms with E-state index in [1.807, 2.05) is 0 Å². The van der Waals surface area contributed by atoms with Crippen molar-refractivity contribution in [2.45, 2.75) is 4.21 Å². The van der Waals surface area contributed by atoms with Crippen molar-refractivity contribution < 1.29 is 18.3 Å². The Labute approximate surface area is 187 Å². The summed E-state index contributed by atoms with van der Waals surface area (Å²) < 4.78 is 27.5. The maximum Gasteiger partial charge on any atom is 0.271 e. The Balaban J connectivity index is 1.76. The predicted octanol–water partition coefficient (Wildman–Crippen LogP) is 3.83. The van der Waals surface area contributed by atoms with Gasteiger partial charge in [-0.1, -0.05) is 53.7 Å². The molecule has 7 nitrogen and oxygen atoms in total. The summed E-state index contributed by atoms with van der Waals surface area (Å²) in [6.07, 6.45) is 0. The second-order valence-corrected chi connectivity index (χ2v) is 9.61. The summed E-state index contributed by atoms with van der Waals surface area (Å²) in [5.41, 5.74) is 5.20. The molecule has 3 rings (SSSR count). The van der Waals surface area contributed by atoms with Gasteiger partial charge in [-0.3, -0.25) is 20.4 Å². The minimum Gasteiger partial charge on any atom is -0.871 e. The minimum atomic E-state index is -3.84. The lowest BCUT2D eigenvalue weighted by atomic mass is 10.1. The van der Waals surface area contributed by atoms with E-state index in [2.05, 4.69) is 22.2 Å². The average molecular weight is 483 g/mol. The number of hydrogen-bond donors (Lipinski definition) is 3. The molecule has 2 aromatic carbocycles. The van der Waals surface area contributed by atoms with Crippen LogP contribution in [0.15, 0.2) is 64.7 Å². The highest BCUT2D eigenvalue weighted by Crippen LogP contribution is 2.31. The number of benzene rings is 2. The third kappa shape index (κ3) is 4.88. The van der Waals surface area contributed by atoms with E-state index in [-0.39, 0.29) is 36.8 Å². The molecule has 0 aliphatic carbocycles. The SMILES string of the molecule is C=C(NNC(=O)c1ccccc1NS(=O)(=O)c1cccs1)c1cc(Cl)cc(Cl)c1[O-]. The molecule has 0 bridgehead atoms. The van der Waals surface area contributed by atoms with Crippen molar-refractivity contribution in [2.75, 3.05) is 4.72 Å². The Morgan fingerprint density at radius 2 is 1.77 bits per heavy atom. The predicted molar refractivity (Wildman–Crippen MR) is 117 cm³/mol. The molecular formula is C19H14Cl2N3O4S2-. The first-order valence-corrected chi connectivity index (χ1v) is 11.4. The zero-order valence-electron chi connectivity index (χ0n) is 15.1. The average Bonchev–Trinajstić information content (AvgIpc) is 3.24. The van der Waals surface area contributed by atoms with Gasteiger partial charge in [-0.25, -0.2) is 8.42 Å². The molecule has 30 heavy (non-hydrogen) atoms. The minimum absolute atomic E-state index is 0.0596. The van der Waals surface area contributed by atoms with E-state index in [0.29, 0.717) is 0 Å². The molecule has 1 heterocycles. The maximum atomic E-state index is 12.6. The van der Waals surface area contributed by atoms with Crippen molar-refractivity contribution in [3.8, 4) is 5.75 Å². The molecule has 0 spiro atoms. The first kappa shape index (κ1) is 22.0. The lowest BCUT2D eigenvalue weighted by Gasteiger charge is -2.19. The first-order chi connectivity index (χ1) is 14.2. The molecule has 0 saturated heterocycles. The van der Waals surface area contributed by atoms with Gasteiger partial charge >= 0.3 is 0 Å². The Bertz CT molecular complexity index is 1210. The zero-order chi connectivity index (χ0) is 21.9. The van der Waals surface area contributed by atoms with E-state index in [4.69, 9.17) is 23.2 Å². The molecule has 0 atom stereocenters. The second-order valence-electron chi connectivity index (χ2n) is 5.91. The smallest absolute Gasteiger partial charge is 0.271 e. The summed E-state index contributed by atoms with van der Waals surface area (Å²) >= 11 is 12.8. The van der Waals surface area contributed by atoms with E-state index in [9.17, 15) is 18.3 Å². The maximum absolute atomic E-state index is 12.6. The van der Waals surface area contributed by atoms with E-state index in [1.54, 1.807) is 23.6 Å². The van der Waals surface area contributed by atoms with Crippen LogP contribution < -0.4 is 20.7 Å². The van der Waals surface area contributed by atoms with Gasteiger partial charge in [-0.2, -0.15) is 0 Å². The van der Waals surface area contributed by atoms with Crippen LogP contribution in [-0.2, 0) is 10.0 Å². The number of halogens is 2. The zero-order valence-corrected chi connectivity index (χ0v) is 18.3. The van der Waals surface area contributed by atoms with Gasteiger partial charge in [0.1, 0.15) is 4.21 Å². The number of amides is 1. The molecule has 156 valence electrons. The van der Waals surface area contributed by atoms with E-state index < -0.39 is 21.7 Å². The fourth-order valence-electron chi connectivity index (χ4n) is 2.43. The number of thiophene rings is 1. The number of anilines is 1. The Morgan fingerprint density at radius 3 is 2.47 bits per heavy atom. The summed E-state index contributed by atoms with van der Waals surface area (Å²) in [7, 11) is -3.84. The molecule has 0 saturated carbocycles. The summed E-state index contributed by atoms with van der Waals surface area (Å²) in [6, 6.07) is 11.8. The molecule has 1 amide bonds. The molecular weight excluding hydrogens is 469 g/mol. The fourth-order valence-corrected chi connectivity index (χ4v) is 5.00. The normalized spacial score (nSPS) is 11.0. The van der Waals surface area contributed by atoms with Gasteiger partial charge in [-0.05, 0) is 41.3 Å². The van der Waals surface area contributed by atoms with Crippen LogP contribution in [0.3, 0.4) is 0 Å². The molecule has 11 heteroatoms. The van der Waals surface area contributed by atoms with Gasteiger partial charge < -0.3 is 5.11 Å². The summed E-state index contributed by atoms with van der Waals surface area (Å²) in [5.74, 6) is -1.15. The number of rotatable bonds is 7. The number of carbonyl (C=O) groups excluding carboxylic acids is 1. The van der Waals surface area contributed by atoms with Crippen molar-refractivity contribution in [2.24, 2.45) is 0 Å². The van der Waals surface area contributed by atoms with Crippen molar-refractivity contribution in [3.63, 3.8) is 0 Å². The number of carbonyl (C=O) groups is 1. The number of para-hydroxylation sites is 1. The third-order valence-electron chi connectivity index (χ3n) is 3.84. The van der Waals surface area contributed by atoms with Crippen LogP contribution in [0.25, 0.3) is 5.70 Å². The second kappa shape index (κ2) is 8.97. The molecule has 0 fully saturated rings. The summed E-state index contributed by atoms with van der Waals surface area (Å²) in [6.45, 7) is 3.70. The number of hydrazine groups is 1. The highest BCUT2D eigenvalue weighted by molar-refractivity contribution is 7.94. The molecule has 1 aromatic heterocycles. The Morgan fingerprint density at radius 1 is 1.03 bits per heavy atom. The molecule has 0 radical (unpaired) electrons. The number of sulfonamides is 1. The van der Waals surface area contributed by atoms with Crippen LogP contribution in [0.4, 0.5) is 5.69 Å². The standard InChI is InChI=1S/C19H15Cl2N3O4S2/c1-11(14-9-12(20)10-15(21)18(14)25)22-23-19(26)13-5-2-3-6-16(13)24-30(27,28)17-7-4-8-29-17/h2-10,22,24-25H,1H2,(H,23,26)/p-1. The van der Waals surface area contributed by atoms with Gasteiger partial charge in [0.25, 0.3) is 15.9 Å². The van der Waals surface area contributed by atoms with Crippen LogP contribution in [0.2, 0.25) is 10.0 Å². The molecule has 0 aliphatic heterocycles. The lowest BCUT2D eigenvalue weighted by Crippen LogP contribution is -2.36. The largest absolute Gasteiger partial charge is 0.871 e. The van der Waals surface area contributed by atoms with Gasteiger partial charge in [0.2, 0.25) is 0 Å². The van der Waals surface area contributed by atoms with Crippen molar-refractivity contribution in [1.29, 1.82) is 0 Å². The van der Waals surface area contributed by atoms with E-state index >= 15 is 0 Å². The van der Waals surface area contributed by atoms with Crippen LogP contribution >= 0.6 is 34.5 Å². The van der Waals surface area contributed by atoms with Crippen LogP contribution in [0.5, 0.6) is 5.75 Å². The van der Waals surface area contributed by atoms with E-state index in [0.717, 1.165) is 11.3 Å². The topological polar surface area (TPSA) is 110 Å². The highest BCUT2D eigenvalue weighted by Gasteiger charge is 2.19. The Hall–Kier alpha value is -2.72. The van der Waals surface area contributed by atoms with Crippen LogP contribution in [0, 0.1) is 0 Å².